The topological polar surface area (TPSA) is 50.9 Å². The molecule has 3 aromatic rings. The number of nitrogens with two attached hydrogens (primary N) is 1. The van der Waals surface area contributed by atoms with Gasteiger partial charge in [-0.3, -0.25) is 4.98 Å². The molecule has 0 unspecified atom stereocenters. The Kier molecular flexibility index (Phi) is 3.26. The number of aromatic nitrogens is 1. The van der Waals surface area contributed by atoms with Gasteiger partial charge in [-0.05, 0) is 56.2 Å². The van der Waals surface area contributed by atoms with E-state index in [0.29, 0.717) is 0 Å². The fourth-order valence-corrected chi connectivity index (χ4v) is 2.49. The molecule has 0 amide bonds. The normalized spacial score (nSPS) is 10.8. The van der Waals surface area contributed by atoms with E-state index in [-0.39, 0.29) is 0 Å². The largest absolute Gasteiger partial charge is 0.398 e. The lowest BCUT2D eigenvalue weighted by molar-refractivity contribution is 1.22. The molecule has 0 fully saturated rings. The van der Waals surface area contributed by atoms with E-state index in [4.69, 9.17) is 5.73 Å². The third-order valence-corrected chi connectivity index (χ3v) is 3.73. The highest BCUT2D eigenvalue weighted by Gasteiger charge is 2.07. The highest BCUT2D eigenvalue weighted by atomic mass is 14.9. The third-order valence-electron chi connectivity index (χ3n) is 3.73. The summed E-state index contributed by atoms with van der Waals surface area (Å²) in [5.41, 5.74) is 12.4. The average Bonchev–Trinajstić information content (AvgIpc) is 2.46. The van der Waals surface area contributed by atoms with Crippen molar-refractivity contribution in [3.05, 3.63) is 59.4 Å². The van der Waals surface area contributed by atoms with Crippen molar-refractivity contribution in [2.75, 3.05) is 11.1 Å². The highest BCUT2D eigenvalue weighted by molar-refractivity contribution is 6.01. The number of benzene rings is 2. The van der Waals surface area contributed by atoms with E-state index in [2.05, 4.69) is 48.4 Å². The first-order chi connectivity index (χ1) is 10.0. The van der Waals surface area contributed by atoms with Crippen LogP contribution in [0.2, 0.25) is 0 Å². The Morgan fingerprint density at radius 3 is 2.52 bits per heavy atom. The second-order valence-electron chi connectivity index (χ2n) is 5.52. The van der Waals surface area contributed by atoms with Crippen molar-refractivity contribution in [1.29, 1.82) is 0 Å². The monoisotopic (exact) mass is 277 g/mol. The molecule has 0 aliphatic heterocycles. The number of nitrogens with one attached hydrogen (secondary N) is 1. The molecule has 0 saturated carbocycles. The fourth-order valence-electron chi connectivity index (χ4n) is 2.49. The van der Waals surface area contributed by atoms with Gasteiger partial charge in [-0.1, -0.05) is 12.1 Å². The van der Waals surface area contributed by atoms with Gasteiger partial charge in [-0.15, -0.1) is 0 Å². The molecule has 3 rings (SSSR count). The third kappa shape index (κ3) is 2.55. The summed E-state index contributed by atoms with van der Waals surface area (Å²) >= 11 is 0. The molecule has 0 radical (unpaired) electrons. The van der Waals surface area contributed by atoms with Gasteiger partial charge in [0.2, 0.25) is 0 Å². The molecule has 0 bridgehead atoms. The second-order valence-corrected chi connectivity index (χ2v) is 5.52. The van der Waals surface area contributed by atoms with Crippen LogP contribution in [0.1, 0.15) is 16.8 Å². The SMILES string of the molecule is Cc1ccc(C)c(Nc2ccc(N)c3cnc(C)cc23)c1. The van der Waals surface area contributed by atoms with Crippen LogP contribution >= 0.6 is 0 Å². The number of nitrogens with zero attached hydrogens (tertiary/aromatic N) is 1. The first-order valence-electron chi connectivity index (χ1n) is 7.04. The molecule has 1 heterocycles. The maximum atomic E-state index is 6.05. The summed E-state index contributed by atoms with van der Waals surface area (Å²) in [4.78, 5) is 4.34. The van der Waals surface area contributed by atoms with E-state index in [9.17, 15) is 0 Å². The average molecular weight is 277 g/mol. The summed E-state index contributed by atoms with van der Waals surface area (Å²) in [5, 5.41) is 5.61. The molecule has 1 aromatic heterocycles. The minimum atomic E-state index is 0.754. The Bertz CT molecular complexity index is 822. The Balaban J connectivity index is 2.14. The lowest BCUT2D eigenvalue weighted by Crippen LogP contribution is -1.97. The highest BCUT2D eigenvalue weighted by Crippen LogP contribution is 2.31. The molecule has 3 N–H and O–H groups in total. The number of rotatable bonds is 2. The number of nitrogen functional groups attached to an aromatic ring is 1. The van der Waals surface area contributed by atoms with E-state index in [0.717, 1.165) is 33.5 Å². The zero-order valence-corrected chi connectivity index (χ0v) is 12.6. The Hall–Kier alpha value is -2.55. The zero-order chi connectivity index (χ0) is 15.0. The number of aryl methyl sites for hydroxylation is 3. The molecule has 21 heavy (non-hydrogen) atoms. The summed E-state index contributed by atoms with van der Waals surface area (Å²) in [6.45, 7) is 6.19. The first kappa shape index (κ1) is 13.4. The molecule has 3 heteroatoms. The van der Waals surface area contributed by atoms with Gasteiger partial charge in [-0.25, -0.2) is 0 Å². The van der Waals surface area contributed by atoms with Crippen molar-refractivity contribution in [3.63, 3.8) is 0 Å². The van der Waals surface area contributed by atoms with Crippen molar-refractivity contribution < 1.29 is 0 Å². The van der Waals surface area contributed by atoms with Crippen LogP contribution in [0.15, 0.2) is 42.6 Å². The van der Waals surface area contributed by atoms with Crippen LogP contribution in [0.25, 0.3) is 10.8 Å². The summed E-state index contributed by atoms with van der Waals surface area (Å²) < 4.78 is 0. The molecule has 0 spiro atoms. The van der Waals surface area contributed by atoms with Crippen molar-refractivity contribution in [2.45, 2.75) is 20.8 Å². The molecular formula is C18H19N3. The Morgan fingerprint density at radius 1 is 0.905 bits per heavy atom. The minimum absolute atomic E-state index is 0.754. The molecule has 3 nitrogen and oxygen atoms in total. The van der Waals surface area contributed by atoms with Crippen LogP contribution in [-0.2, 0) is 0 Å². The van der Waals surface area contributed by atoms with E-state index in [1.54, 1.807) is 0 Å². The zero-order valence-electron chi connectivity index (χ0n) is 12.6. The van der Waals surface area contributed by atoms with Crippen LogP contribution in [0.5, 0.6) is 0 Å². The van der Waals surface area contributed by atoms with Gasteiger partial charge in [-0.2, -0.15) is 0 Å². The van der Waals surface area contributed by atoms with Crippen LogP contribution in [0.4, 0.5) is 17.1 Å². The Labute approximate surface area is 124 Å². The molecule has 0 aliphatic carbocycles. The second kappa shape index (κ2) is 5.09. The lowest BCUT2D eigenvalue weighted by atomic mass is 10.1. The summed E-state index contributed by atoms with van der Waals surface area (Å²) in [5.74, 6) is 0. The van der Waals surface area contributed by atoms with Gasteiger partial charge in [0.25, 0.3) is 0 Å². The van der Waals surface area contributed by atoms with Gasteiger partial charge in [0, 0.05) is 39.7 Å². The van der Waals surface area contributed by atoms with Crippen molar-refractivity contribution in [2.24, 2.45) is 0 Å². The number of pyridine rings is 1. The standard InChI is InChI=1S/C18H19N3/c1-11-4-5-12(2)18(8-11)21-17-7-6-16(19)15-10-20-13(3)9-14(15)17/h4-10,21H,19H2,1-3H3. The number of fused-ring (bicyclic) bond motifs is 1. The number of anilines is 3. The van der Waals surface area contributed by atoms with Crippen molar-refractivity contribution in [1.82, 2.24) is 4.98 Å². The molecule has 0 saturated heterocycles. The van der Waals surface area contributed by atoms with Gasteiger partial charge >= 0.3 is 0 Å². The maximum Gasteiger partial charge on any atom is 0.0466 e. The van der Waals surface area contributed by atoms with Crippen molar-refractivity contribution in [3.8, 4) is 0 Å². The molecule has 0 aliphatic rings. The van der Waals surface area contributed by atoms with E-state index in [1.807, 2.05) is 25.3 Å². The van der Waals surface area contributed by atoms with E-state index >= 15 is 0 Å². The molecule has 0 atom stereocenters. The van der Waals surface area contributed by atoms with Crippen LogP contribution < -0.4 is 11.1 Å². The van der Waals surface area contributed by atoms with E-state index < -0.39 is 0 Å². The number of hydrogen-bond donors (Lipinski definition) is 2. The van der Waals surface area contributed by atoms with Crippen LogP contribution in [0.3, 0.4) is 0 Å². The summed E-state index contributed by atoms with van der Waals surface area (Å²) in [7, 11) is 0. The Morgan fingerprint density at radius 2 is 1.71 bits per heavy atom. The molecular weight excluding hydrogens is 258 g/mol. The fraction of sp³-hybridized carbons (Fsp3) is 0.167. The van der Waals surface area contributed by atoms with Crippen LogP contribution in [0, 0.1) is 20.8 Å². The van der Waals surface area contributed by atoms with Crippen LogP contribution in [-0.4, -0.2) is 4.98 Å². The smallest absolute Gasteiger partial charge is 0.0466 e. The maximum absolute atomic E-state index is 6.05. The molecule has 2 aromatic carbocycles. The summed E-state index contributed by atoms with van der Waals surface area (Å²) in [6.07, 6.45) is 1.84. The first-order valence-corrected chi connectivity index (χ1v) is 7.04. The van der Waals surface area contributed by atoms with Crippen molar-refractivity contribution >= 4 is 27.8 Å². The van der Waals surface area contributed by atoms with Gasteiger partial charge in [0.1, 0.15) is 0 Å². The minimum Gasteiger partial charge on any atom is -0.398 e. The van der Waals surface area contributed by atoms with E-state index in [1.165, 1.54) is 11.1 Å². The summed E-state index contributed by atoms with van der Waals surface area (Å²) in [6, 6.07) is 12.4. The van der Waals surface area contributed by atoms with Gasteiger partial charge < -0.3 is 11.1 Å². The predicted molar refractivity (Wildman–Crippen MR) is 90.1 cm³/mol. The quantitative estimate of drug-likeness (QED) is 0.679. The predicted octanol–water partition coefficient (Wildman–Crippen LogP) is 4.49. The number of hydrogen-bond acceptors (Lipinski definition) is 3. The van der Waals surface area contributed by atoms with Gasteiger partial charge in [0.15, 0.2) is 0 Å². The molecule has 106 valence electrons. The lowest BCUT2D eigenvalue weighted by Gasteiger charge is -2.14. The van der Waals surface area contributed by atoms with Gasteiger partial charge in [0.05, 0.1) is 0 Å².